The van der Waals surface area contributed by atoms with E-state index in [-0.39, 0.29) is 0 Å². The summed E-state index contributed by atoms with van der Waals surface area (Å²) in [5.74, 6) is 2.21. The first-order chi connectivity index (χ1) is 8.20. The van der Waals surface area contributed by atoms with Gasteiger partial charge in [-0.05, 0) is 25.0 Å². The van der Waals surface area contributed by atoms with Gasteiger partial charge < -0.3 is 10.0 Å². The lowest BCUT2D eigenvalue weighted by molar-refractivity contribution is 0.199. The number of aliphatic hydroxyl groups is 1. The summed E-state index contributed by atoms with van der Waals surface area (Å²) in [6, 6.07) is 3.99. The zero-order valence-electron chi connectivity index (χ0n) is 10.5. The highest BCUT2D eigenvalue weighted by Crippen LogP contribution is 2.25. The van der Waals surface area contributed by atoms with Crippen LogP contribution in [0.3, 0.4) is 0 Å². The van der Waals surface area contributed by atoms with E-state index < -0.39 is 6.10 Å². The van der Waals surface area contributed by atoms with Gasteiger partial charge in [0.15, 0.2) is 0 Å². The lowest BCUT2D eigenvalue weighted by atomic mass is 10.2. The number of pyridine rings is 1. The van der Waals surface area contributed by atoms with Crippen molar-refractivity contribution in [2.45, 2.75) is 31.6 Å². The number of hydrogen-bond donors (Lipinski definition) is 1. The van der Waals surface area contributed by atoms with Crippen LogP contribution in [0.2, 0.25) is 0 Å². The van der Waals surface area contributed by atoms with Crippen molar-refractivity contribution < 1.29 is 5.11 Å². The molecule has 2 heterocycles. The van der Waals surface area contributed by atoms with Crippen LogP contribution in [-0.2, 0) is 0 Å². The van der Waals surface area contributed by atoms with E-state index >= 15 is 0 Å². The van der Waals surface area contributed by atoms with E-state index in [4.69, 9.17) is 0 Å². The summed E-state index contributed by atoms with van der Waals surface area (Å²) in [6.07, 6.45) is 2.56. The second-order valence-corrected chi connectivity index (χ2v) is 5.88. The summed E-state index contributed by atoms with van der Waals surface area (Å²) >= 11 is 2.06. The third kappa shape index (κ3) is 3.13. The first kappa shape index (κ1) is 12.7. The minimum absolute atomic E-state index is 0.433. The van der Waals surface area contributed by atoms with Crippen molar-refractivity contribution in [2.24, 2.45) is 0 Å². The fourth-order valence-electron chi connectivity index (χ4n) is 2.01. The van der Waals surface area contributed by atoms with Crippen molar-refractivity contribution in [1.29, 1.82) is 0 Å². The Kier molecular flexibility index (Phi) is 4.29. The van der Waals surface area contributed by atoms with Gasteiger partial charge in [-0.1, -0.05) is 13.0 Å². The normalized spacial score (nSPS) is 22.5. The van der Waals surface area contributed by atoms with Crippen LogP contribution in [0.1, 0.15) is 31.9 Å². The molecule has 1 aliphatic heterocycles. The summed E-state index contributed by atoms with van der Waals surface area (Å²) in [6.45, 7) is 6.16. The molecule has 1 saturated heterocycles. The lowest BCUT2D eigenvalue weighted by Gasteiger charge is -2.32. The fraction of sp³-hybridized carbons (Fsp3) is 0.615. The molecule has 3 nitrogen and oxygen atoms in total. The van der Waals surface area contributed by atoms with Gasteiger partial charge in [0.1, 0.15) is 5.82 Å². The van der Waals surface area contributed by atoms with Gasteiger partial charge in [-0.25, -0.2) is 4.98 Å². The number of nitrogens with zero attached hydrogens (tertiary/aromatic N) is 2. The van der Waals surface area contributed by atoms with Gasteiger partial charge in [-0.2, -0.15) is 11.8 Å². The van der Waals surface area contributed by atoms with Crippen LogP contribution in [0, 0.1) is 0 Å². The first-order valence-corrected chi connectivity index (χ1v) is 7.26. The van der Waals surface area contributed by atoms with Gasteiger partial charge in [-0.15, -0.1) is 0 Å². The van der Waals surface area contributed by atoms with Crippen LogP contribution < -0.4 is 4.90 Å². The molecule has 2 rings (SSSR count). The van der Waals surface area contributed by atoms with Crippen molar-refractivity contribution in [2.75, 3.05) is 23.7 Å². The largest absolute Gasteiger partial charge is 0.389 e. The summed E-state index contributed by atoms with van der Waals surface area (Å²) in [4.78, 5) is 6.79. The summed E-state index contributed by atoms with van der Waals surface area (Å²) in [5, 5.41) is 10.2. The van der Waals surface area contributed by atoms with Gasteiger partial charge in [0, 0.05) is 30.3 Å². The highest BCUT2D eigenvalue weighted by molar-refractivity contribution is 8.00. The minimum Gasteiger partial charge on any atom is -0.389 e. The molecule has 1 N–H and O–H groups in total. The van der Waals surface area contributed by atoms with Crippen molar-refractivity contribution in [3.63, 3.8) is 0 Å². The summed E-state index contributed by atoms with van der Waals surface area (Å²) in [5.41, 5.74) is 0.882. The van der Waals surface area contributed by atoms with E-state index in [0.29, 0.717) is 0 Å². The molecule has 2 atom stereocenters. The van der Waals surface area contributed by atoms with Crippen molar-refractivity contribution in [3.05, 3.63) is 23.9 Å². The maximum absolute atomic E-state index is 9.45. The molecule has 0 amide bonds. The molecule has 1 aliphatic rings. The van der Waals surface area contributed by atoms with Crippen LogP contribution in [-0.4, -0.2) is 34.2 Å². The fourth-order valence-corrected chi connectivity index (χ4v) is 3.19. The molecule has 0 aliphatic carbocycles. The van der Waals surface area contributed by atoms with E-state index in [1.807, 2.05) is 12.1 Å². The number of aromatic nitrogens is 1. The molecule has 4 heteroatoms. The van der Waals surface area contributed by atoms with E-state index in [2.05, 4.69) is 28.6 Å². The third-order valence-electron chi connectivity index (χ3n) is 3.17. The smallest absolute Gasteiger partial charge is 0.128 e. The number of anilines is 1. The highest BCUT2D eigenvalue weighted by atomic mass is 32.2. The molecule has 17 heavy (non-hydrogen) atoms. The van der Waals surface area contributed by atoms with E-state index in [1.165, 1.54) is 12.2 Å². The predicted molar refractivity (Wildman–Crippen MR) is 73.6 cm³/mol. The molecular weight excluding hydrogens is 232 g/mol. The molecule has 1 unspecified atom stereocenters. The number of aliphatic hydroxyl groups excluding tert-OH is 1. The average Bonchev–Trinajstić information content (AvgIpc) is 2.39. The SMILES string of the molecule is CCC1CN(c2ccc([C@H](C)O)cn2)CCS1. The zero-order chi connectivity index (χ0) is 12.3. The van der Waals surface area contributed by atoms with Crippen LogP contribution in [0.4, 0.5) is 5.82 Å². The molecule has 0 saturated carbocycles. The predicted octanol–water partition coefficient (Wildman–Crippen LogP) is 2.47. The van der Waals surface area contributed by atoms with Gasteiger partial charge in [0.2, 0.25) is 0 Å². The minimum atomic E-state index is -0.433. The van der Waals surface area contributed by atoms with Gasteiger partial charge in [-0.3, -0.25) is 0 Å². The Bertz CT molecular complexity index is 353. The van der Waals surface area contributed by atoms with Crippen molar-refractivity contribution in [3.8, 4) is 0 Å². The van der Waals surface area contributed by atoms with Crippen LogP contribution in [0.15, 0.2) is 18.3 Å². The number of thioether (sulfide) groups is 1. The Hall–Kier alpha value is -0.740. The Balaban J connectivity index is 2.06. The first-order valence-electron chi connectivity index (χ1n) is 6.21. The molecule has 0 spiro atoms. The Morgan fingerprint density at radius 1 is 1.59 bits per heavy atom. The Morgan fingerprint density at radius 2 is 2.41 bits per heavy atom. The van der Waals surface area contributed by atoms with Crippen molar-refractivity contribution >= 4 is 17.6 Å². The quantitative estimate of drug-likeness (QED) is 0.896. The molecule has 0 radical (unpaired) electrons. The Morgan fingerprint density at radius 3 is 3.00 bits per heavy atom. The molecule has 0 bridgehead atoms. The van der Waals surface area contributed by atoms with Crippen LogP contribution in [0.25, 0.3) is 0 Å². The topological polar surface area (TPSA) is 36.4 Å². The maximum Gasteiger partial charge on any atom is 0.128 e. The molecule has 94 valence electrons. The maximum atomic E-state index is 9.45. The molecule has 1 fully saturated rings. The van der Waals surface area contributed by atoms with Gasteiger partial charge >= 0.3 is 0 Å². The van der Waals surface area contributed by atoms with Crippen molar-refractivity contribution in [1.82, 2.24) is 4.98 Å². The second kappa shape index (κ2) is 5.74. The molecular formula is C13H20N2OS. The van der Waals surface area contributed by atoms with Gasteiger partial charge in [0.25, 0.3) is 0 Å². The average molecular weight is 252 g/mol. The highest BCUT2D eigenvalue weighted by Gasteiger charge is 2.19. The summed E-state index contributed by atoms with van der Waals surface area (Å²) < 4.78 is 0. The van der Waals surface area contributed by atoms with Crippen LogP contribution in [0.5, 0.6) is 0 Å². The number of rotatable bonds is 3. The molecule has 1 aromatic heterocycles. The standard InChI is InChI=1S/C13H20N2OS/c1-3-12-9-15(6-7-17-12)13-5-4-11(8-14-13)10(2)16/h4-5,8,10,12,16H,3,6-7,9H2,1-2H3/t10-,12?/m0/s1. The van der Waals surface area contributed by atoms with E-state index in [0.717, 1.165) is 29.7 Å². The Labute approximate surface area is 107 Å². The van der Waals surface area contributed by atoms with Crippen LogP contribution >= 0.6 is 11.8 Å². The molecule has 1 aromatic rings. The third-order valence-corrected chi connectivity index (χ3v) is 4.54. The van der Waals surface area contributed by atoms with E-state index in [9.17, 15) is 5.11 Å². The second-order valence-electron chi connectivity index (χ2n) is 4.47. The zero-order valence-corrected chi connectivity index (χ0v) is 11.3. The summed E-state index contributed by atoms with van der Waals surface area (Å²) in [7, 11) is 0. The van der Waals surface area contributed by atoms with E-state index in [1.54, 1.807) is 13.1 Å². The lowest BCUT2D eigenvalue weighted by Crippen LogP contribution is -2.38. The number of hydrogen-bond acceptors (Lipinski definition) is 4. The monoisotopic (exact) mass is 252 g/mol. The van der Waals surface area contributed by atoms with Gasteiger partial charge in [0.05, 0.1) is 6.10 Å². The molecule has 0 aromatic carbocycles.